The van der Waals surface area contributed by atoms with Crippen molar-refractivity contribution < 1.29 is 14.7 Å². The Kier molecular flexibility index (Phi) is 3.65. The molecule has 0 amide bonds. The van der Waals surface area contributed by atoms with Crippen molar-refractivity contribution in [3.05, 3.63) is 23.3 Å². The molecule has 6 atom stereocenters. The third kappa shape index (κ3) is 2.06. The van der Waals surface area contributed by atoms with Crippen molar-refractivity contribution in [1.82, 2.24) is 0 Å². The molecule has 0 saturated heterocycles. The van der Waals surface area contributed by atoms with Gasteiger partial charge in [0.15, 0.2) is 5.78 Å². The lowest BCUT2D eigenvalue weighted by Gasteiger charge is -2.59. The summed E-state index contributed by atoms with van der Waals surface area (Å²) in [7, 11) is 0. The van der Waals surface area contributed by atoms with Gasteiger partial charge in [-0.15, -0.1) is 0 Å². The minimum atomic E-state index is -0.341. The van der Waals surface area contributed by atoms with Crippen LogP contribution in [0, 0.1) is 28.6 Å². The molecule has 130 valence electrons. The Labute approximate surface area is 144 Å². The van der Waals surface area contributed by atoms with Crippen LogP contribution in [0.5, 0.6) is 0 Å². The van der Waals surface area contributed by atoms with Gasteiger partial charge in [-0.2, -0.15) is 0 Å². The summed E-state index contributed by atoms with van der Waals surface area (Å²) in [5.74, 6) is 1.59. The number of aliphatic hydroxyl groups excluding tert-OH is 1. The van der Waals surface area contributed by atoms with Gasteiger partial charge in [0.05, 0.1) is 6.10 Å². The van der Waals surface area contributed by atoms with E-state index < -0.39 is 0 Å². The van der Waals surface area contributed by atoms with Crippen LogP contribution in [-0.2, 0) is 9.59 Å². The van der Waals surface area contributed by atoms with Crippen molar-refractivity contribution in [2.75, 3.05) is 0 Å². The molecule has 0 spiro atoms. The summed E-state index contributed by atoms with van der Waals surface area (Å²) in [4.78, 5) is 22.9. The van der Waals surface area contributed by atoms with Gasteiger partial charge >= 0.3 is 0 Å². The number of hydrogen-bond donors (Lipinski definition) is 1. The van der Waals surface area contributed by atoms with E-state index in [2.05, 4.69) is 13.8 Å². The van der Waals surface area contributed by atoms with Crippen LogP contribution in [0.2, 0.25) is 0 Å². The van der Waals surface area contributed by atoms with Crippen molar-refractivity contribution in [2.45, 2.75) is 64.9 Å². The zero-order chi connectivity index (χ0) is 17.1. The van der Waals surface area contributed by atoms with E-state index in [1.807, 2.05) is 6.08 Å². The topological polar surface area (TPSA) is 54.4 Å². The van der Waals surface area contributed by atoms with Gasteiger partial charge in [-0.25, -0.2) is 0 Å². The normalized spacial score (nSPS) is 49.2. The second kappa shape index (κ2) is 5.39. The van der Waals surface area contributed by atoms with E-state index in [1.54, 1.807) is 6.08 Å². The maximum Gasteiger partial charge on any atom is 0.155 e. The fourth-order valence-corrected chi connectivity index (χ4v) is 6.89. The molecule has 0 aromatic carbocycles. The molecule has 24 heavy (non-hydrogen) atoms. The molecule has 6 unspecified atom stereocenters. The van der Waals surface area contributed by atoms with Crippen molar-refractivity contribution in [3.63, 3.8) is 0 Å². The lowest BCUT2D eigenvalue weighted by atomic mass is 9.46. The van der Waals surface area contributed by atoms with Gasteiger partial charge in [-0.1, -0.05) is 25.0 Å². The molecule has 4 aliphatic carbocycles. The zero-order valence-corrected chi connectivity index (χ0v) is 14.8. The Morgan fingerprint density at radius 1 is 1.17 bits per heavy atom. The predicted molar refractivity (Wildman–Crippen MR) is 92.2 cm³/mol. The van der Waals surface area contributed by atoms with Gasteiger partial charge in [0.2, 0.25) is 0 Å². The first-order valence-corrected chi connectivity index (χ1v) is 9.47. The van der Waals surface area contributed by atoms with Crippen molar-refractivity contribution in [2.24, 2.45) is 28.6 Å². The number of ketones is 1. The van der Waals surface area contributed by atoms with Gasteiger partial charge in [0, 0.05) is 6.42 Å². The molecule has 4 aliphatic rings. The van der Waals surface area contributed by atoms with Crippen LogP contribution in [0.3, 0.4) is 0 Å². The first kappa shape index (κ1) is 16.3. The van der Waals surface area contributed by atoms with E-state index >= 15 is 0 Å². The Morgan fingerprint density at radius 3 is 2.71 bits per heavy atom. The Morgan fingerprint density at radius 2 is 1.96 bits per heavy atom. The summed E-state index contributed by atoms with van der Waals surface area (Å²) in [6.45, 7) is 4.54. The quantitative estimate of drug-likeness (QED) is 0.591. The number of hydrogen-bond acceptors (Lipinski definition) is 3. The summed E-state index contributed by atoms with van der Waals surface area (Å²) in [6.07, 6.45) is 10.7. The second-order valence-electron chi connectivity index (χ2n) is 8.94. The lowest BCUT2D eigenvalue weighted by molar-refractivity contribution is -0.124. The first-order chi connectivity index (χ1) is 11.4. The summed E-state index contributed by atoms with van der Waals surface area (Å²) in [5.41, 5.74) is 2.48. The molecular formula is C21H28O3. The molecule has 3 nitrogen and oxygen atoms in total. The molecule has 1 N–H and O–H groups in total. The molecule has 3 heteroatoms. The van der Waals surface area contributed by atoms with Gasteiger partial charge < -0.3 is 5.11 Å². The van der Waals surface area contributed by atoms with Crippen molar-refractivity contribution >= 4 is 12.1 Å². The molecule has 0 aromatic heterocycles. The molecule has 3 saturated carbocycles. The fraction of sp³-hybridized carbons (Fsp3) is 0.714. The summed E-state index contributed by atoms with van der Waals surface area (Å²) >= 11 is 0. The molecule has 3 fully saturated rings. The highest BCUT2D eigenvalue weighted by molar-refractivity contribution is 5.91. The summed E-state index contributed by atoms with van der Waals surface area (Å²) in [6, 6.07) is 0. The molecule has 4 rings (SSSR count). The highest BCUT2D eigenvalue weighted by Crippen LogP contribution is 2.66. The maximum atomic E-state index is 11.9. The number of aliphatic hydroxyl groups is 1. The third-order valence-electron chi connectivity index (χ3n) is 8.01. The molecule has 0 aliphatic heterocycles. The molecule has 0 heterocycles. The van der Waals surface area contributed by atoms with Gasteiger partial charge in [0.1, 0.15) is 6.29 Å². The average Bonchev–Trinajstić information content (AvgIpc) is 2.84. The van der Waals surface area contributed by atoms with Crippen LogP contribution in [0.4, 0.5) is 0 Å². The minimum Gasteiger partial charge on any atom is -0.393 e. The number of fused-ring (bicyclic) bond motifs is 5. The Balaban J connectivity index is 1.74. The van der Waals surface area contributed by atoms with Crippen LogP contribution < -0.4 is 0 Å². The number of carbonyl (C=O) groups is 2. The monoisotopic (exact) mass is 328 g/mol. The number of aldehydes is 1. The minimum absolute atomic E-state index is 0.0191. The van der Waals surface area contributed by atoms with Crippen LogP contribution in [-0.4, -0.2) is 23.3 Å². The van der Waals surface area contributed by atoms with Gasteiger partial charge in [-0.05, 0) is 79.3 Å². The van der Waals surface area contributed by atoms with E-state index in [9.17, 15) is 14.7 Å². The van der Waals surface area contributed by atoms with Gasteiger partial charge in [-0.3, -0.25) is 9.59 Å². The van der Waals surface area contributed by atoms with E-state index in [0.717, 1.165) is 44.8 Å². The van der Waals surface area contributed by atoms with Crippen molar-refractivity contribution in [1.29, 1.82) is 0 Å². The summed E-state index contributed by atoms with van der Waals surface area (Å²) in [5, 5.41) is 11.1. The van der Waals surface area contributed by atoms with Crippen LogP contribution in [0.25, 0.3) is 0 Å². The third-order valence-corrected chi connectivity index (χ3v) is 8.01. The average molecular weight is 328 g/mol. The zero-order valence-electron chi connectivity index (χ0n) is 14.8. The second-order valence-corrected chi connectivity index (χ2v) is 8.94. The van der Waals surface area contributed by atoms with Crippen molar-refractivity contribution in [3.8, 4) is 0 Å². The van der Waals surface area contributed by atoms with Gasteiger partial charge in [0.25, 0.3) is 0 Å². The number of carbonyl (C=O) groups excluding carboxylic acids is 2. The Hall–Kier alpha value is -1.22. The summed E-state index contributed by atoms with van der Waals surface area (Å²) < 4.78 is 0. The standard InChI is InChI=1S/C21H28O3/c1-20-9-7-15(23)11-14(20)3-5-16-17-6-4-13(8-10-22)21(17,2)12-18(24)19(16)20/h8,10-11,16-19,24H,3-7,9,12H2,1-2H3/b13-8+. The molecule has 0 bridgehead atoms. The highest BCUT2D eigenvalue weighted by Gasteiger charge is 2.60. The lowest BCUT2D eigenvalue weighted by Crippen LogP contribution is -2.55. The smallest absolute Gasteiger partial charge is 0.155 e. The predicted octanol–water partition coefficient (Wildman–Crippen LogP) is 3.61. The number of rotatable bonds is 1. The highest BCUT2D eigenvalue weighted by atomic mass is 16.3. The molecular weight excluding hydrogens is 300 g/mol. The maximum absolute atomic E-state index is 11.9. The number of allylic oxidation sites excluding steroid dienone is 3. The largest absolute Gasteiger partial charge is 0.393 e. The van der Waals surface area contributed by atoms with E-state index in [4.69, 9.17) is 0 Å². The van der Waals surface area contributed by atoms with E-state index in [1.165, 1.54) is 11.1 Å². The fourth-order valence-electron chi connectivity index (χ4n) is 6.89. The van der Waals surface area contributed by atoms with E-state index in [0.29, 0.717) is 18.3 Å². The van der Waals surface area contributed by atoms with Crippen LogP contribution in [0.1, 0.15) is 58.8 Å². The molecule has 0 aromatic rings. The molecule has 0 radical (unpaired) electrons. The van der Waals surface area contributed by atoms with Crippen LogP contribution in [0.15, 0.2) is 23.3 Å². The van der Waals surface area contributed by atoms with E-state index in [-0.39, 0.29) is 28.6 Å². The van der Waals surface area contributed by atoms with Crippen LogP contribution >= 0.6 is 0 Å². The SMILES string of the molecule is CC12CCC(=O)C=C1CCC1C2C(O)CC2(C)/C(=C/C=O)CCC12. The first-order valence-electron chi connectivity index (χ1n) is 9.47. The Bertz CT molecular complexity index is 645.